The number of anilines is 1. The maximum absolute atomic E-state index is 14.8. The van der Waals surface area contributed by atoms with Crippen molar-refractivity contribution >= 4 is 38.2 Å². The predicted molar refractivity (Wildman–Crippen MR) is 107 cm³/mol. The van der Waals surface area contributed by atoms with E-state index in [9.17, 15) is 9.18 Å². The zero-order chi connectivity index (χ0) is 18.4. The van der Waals surface area contributed by atoms with E-state index in [1.54, 1.807) is 12.1 Å². The van der Waals surface area contributed by atoms with E-state index in [-0.39, 0.29) is 11.4 Å². The van der Waals surface area contributed by atoms with Crippen LogP contribution in [0.4, 0.5) is 10.1 Å². The van der Waals surface area contributed by atoms with Gasteiger partial charge in [-0.15, -0.1) is 11.3 Å². The number of aromatic nitrogens is 1. The monoisotopic (exact) mass is 380 g/mol. The molecule has 0 saturated carbocycles. The average Bonchev–Trinajstić information content (AvgIpc) is 3.12. The molecule has 2 aromatic carbocycles. The number of para-hydroxylation sites is 1. The maximum Gasteiger partial charge on any atom is 0.346 e. The minimum Gasteiger partial charge on any atom is -0.422 e. The highest BCUT2D eigenvalue weighted by molar-refractivity contribution is 7.21. The Morgan fingerprint density at radius 3 is 2.70 bits per heavy atom. The standard InChI is InChI=1S/C21H17FN2O2S/c22-16-10-13(24-8-4-1-5-9-24)11-18-14(16)12-15(21(25)26-18)20-23-17-6-2-3-7-19(17)27-20/h2-3,6-7,10-12H,1,4-5,8-9H2. The number of hydrogen-bond acceptors (Lipinski definition) is 5. The summed E-state index contributed by atoms with van der Waals surface area (Å²) in [5.41, 5.74) is 1.68. The minimum absolute atomic E-state index is 0.283. The molecule has 3 heterocycles. The molecule has 4 aromatic rings. The Bertz CT molecular complexity index is 1170. The highest BCUT2D eigenvalue weighted by atomic mass is 32.1. The highest BCUT2D eigenvalue weighted by Crippen LogP contribution is 2.32. The molecule has 0 bridgehead atoms. The number of thiazole rings is 1. The molecule has 4 nitrogen and oxygen atoms in total. The van der Waals surface area contributed by atoms with E-state index in [1.165, 1.54) is 23.8 Å². The van der Waals surface area contributed by atoms with Gasteiger partial charge in [-0.1, -0.05) is 12.1 Å². The van der Waals surface area contributed by atoms with E-state index in [0.29, 0.717) is 16.0 Å². The van der Waals surface area contributed by atoms with Gasteiger partial charge in [-0.05, 0) is 43.5 Å². The van der Waals surface area contributed by atoms with Crippen molar-refractivity contribution in [1.82, 2.24) is 4.98 Å². The molecule has 136 valence electrons. The second-order valence-corrected chi connectivity index (χ2v) is 7.85. The molecule has 0 amide bonds. The molecule has 0 aliphatic carbocycles. The molecule has 27 heavy (non-hydrogen) atoms. The van der Waals surface area contributed by atoms with Crippen LogP contribution in [0.5, 0.6) is 0 Å². The van der Waals surface area contributed by atoms with Crippen LogP contribution in [0.3, 0.4) is 0 Å². The number of rotatable bonds is 2. The summed E-state index contributed by atoms with van der Waals surface area (Å²) >= 11 is 1.40. The summed E-state index contributed by atoms with van der Waals surface area (Å²) in [6.07, 6.45) is 3.40. The number of fused-ring (bicyclic) bond motifs is 2. The van der Waals surface area contributed by atoms with E-state index in [4.69, 9.17) is 4.42 Å². The van der Waals surface area contributed by atoms with Crippen molar-refractivity contribution in [2.75, 3.05) is 18.0 Å². The van der Waals surface area contributed by atoms with Crippen LogP contribution < -0.4 is 10.5 Å². The van der Waals surface area contributed by atoms with Gasteiger partial charge in [0, 0.05) is 24.8 Å². The zero-order valence-corrected chi connectivity index (χ0v) is 15.4. The fraction of sp³-hybridized carbons (Fsp3) is 0.238. The van der Waals surface area contributed by atoms with Crippen LogP contribution >= 0.6 is 11.3 Å². The van der Waals surface area contributed by atoms with Crippen molar-refractivity contribution in [3.63, 3.8) is 0 Å². The smallest absolute Gasteiger partial charge is 0.346 e. The molecule has 0 unspecified atom stereocenters. The van der Waals surface area contributed by atoms with Gasteiger partial charge in [0.15, 0.2) is 0 Å². The Labute approximate surface area is 158 Å². The molecule has 1 saturated heterocycles. The van der Waals surface area contributed by atoms with E-state index >= 15 is 0 Å². The number of nitrogens with zero attached hydrogens (tertiary/aromatic N) is 2. The van der Waals surface area contributed by atoms with Crippen molar-refractivity contribution in [2.24, 2.45) is 0 Å². The molecular weight excluding hydrogens is 363 g/mol. The Balaban J connectivity index is 1.64. The Morgan fingerprint density at radius 1 is 1.07 bits per heavy atom. The molecule has 1 aliphatic rings. The van der Waals surface area contributed by atoms with Crippen LogP contribution in [0.15, 0.2) is 51.7 Å². The Morgan fingerprint density at radius 2 is 1.89 bits per heavy atom. The van der Waals surface area contributed by atoms with E-state index < -0.39 is 5.63 Å². The average molecular weight is 380 g/mol. The van der Waals surface area contributed by atoms with Crippen molar-refractivity contribution in [3.05, 3.63) is 58.7 Å². The lowest BCUT2D eigenvalue weighted by Gasteiger charge is -2.28. The van der Waals surface area contributed by atoms with Gasteiger partial charge in [0.05, 0.1) is 21.2 Å². The minimum atomic E-state index is -0.489. The normalized spacial score (nSPS) is 14.9. The summed E-state index contributed by atoms with van der Waals surface area (Å²) in [4.78, 5) is 19.2. The van der Waals surface area contributed by atoms with Crippen LogP contribution in [0.1, 0.15) is 19.3 Å². The van der Waals surface area contributed by atoms with Gasteiger partial charge in [-0.25, -0.2) is 14.2 Å². The van der Waals surface area contributed by atoms with E-state index in [2.05, 4.69) is 9.88 Å². The van der Waals surface area contributed by atoms with Crippen molar-refractivity contribution in [2.45, 2.75) is 19.3 Å². The molecule has 5 rings (SSSR count). The number of piperidine rings is 1. The van der Waals surface area contributed by atoms with Crippen molar-refractivity contribution in [3.8, 4) is 10.6 Å². The molecule has 1 aliphatic heterocycles. The molecule has 0 N–H and O–H groups in total. The summed E-state index contributed by atoms with van der Waals surface area (Å²) in [6, 6.07) is 12.5. The lowest BCUT2D eigenvalue weighted by molar-refractivity contribution is 0.554. The van der Waals surface area contributed by atoms with E-state index in [1.807, 2.05) is 24.3 Å². The van der Waals surface area contributed by atoms with Gasteiger partial charge < -0.3 is 9.32 Å². The Kier molecular flexibility index (Phi) is 3.93. The third kappa shape index (κ3) is 2.90. The van der Waals surface area contributed by atoms with Gasteiger partial charge in [0.2, 0.25) is 0 Å². The fourth-order valence-electron chi connectivity index (χ4n) is 3.63. The highest BCUT2D eigenvalue weighted by Gasteiger charge is 2.18. The maximum atomic E-state index is 14.8. The van der Waals surface area contributed by atoms with Gasteiger partial charge in [-0.3, -0.25) is 0 Å². The van der Waals surface area contributed by atoms with Gasteiger partial charge in [0.25, 0.3) is 0 Å². The second kappa shape index (κ2) is 6.46. The topological polar surface area (TPSA) is 46.3 Å². The number of halogens is 1. The molecule has 0 atom stereocenters. The van der Waals surface area contributed by atoms with Gasteiger partial charge in [-0.2, -0.15) is 0 Å². The summed E-state index contributed by atoms with van der Waals surface area (Å²) in [5.74, 6) is -0.376. The molecule has 0 radical (unpaired) electrons. The van der Waals surface area contributed by atoms with Crippen LogP contribution in [-0.2, 0) is 0 Å². The van der Waals surface area contributed by atoms with Gasteiger partial charge in [0.1, 0.15) is 16.4 Å². The first-order valence-corrected chi connectivity index (χ1v) is 9.89. The van der Waals surface area contributed by atoms with Gasteiger partial charge >= 0.3 is 5.63 Å². The molecular formula is C21H17FN2O2S. The molecule has 0 spiro atoms. The molecule has 2 aromatic heterocycles. The third-order valence-corrected chi connectivity index (χ3v) is 6.10. The summed E-state index contributed by atoms with van der Waals surface area (Å²) in [5, 5.41) is 0.857. The lowest BCUT2D eigenvalue weighted by Crippen LogP contribution is -2.29. The quantitative estimate of drug-likeness (QED) is 0.449. The zero-order valence-electron chi connectivity index (χ0n) is 14.6. The van der Waals surface area contributed by atoms with Crippen LogP contribution in [-0.4, -0.2) is 18.1 Å². The number of benzene rings is 2. The van der Waals surface area contributed by atoms with Crippen molar-refractivity contribution < 1.29 is 8.81 Å². The summed E-state index contributed by atoms with van der Waals surface area (Å²) in [6.45, 7) is 1.80. The van der Waals surface area contributed by atoms with Crippen LogP contribution in [0.25, 0.3) is 31.8 Å². The van der Waals surface area contributed by atoms with Crippen LogP contribution in [0, 0.1) is 5.82 Å². The first-order chi connectivity index (χ1) is 13.2. The second-order valence-electron chi connectivity index (χ2n) is 6.82. The largest absolute Gasteiger partial charge is 0.422 e. The lowest BCUT2D eigenvalue weighted by atomic mass is 10.1. The first kappa shape index (κ1) is 16.4. The van der Waals surface area contributed by atoms with Crippen LogP contribution in [0.2, 0.25) is 0 Å². The molecule has 1 fully saturated rings. The van der Waals surface area contributed by atoms with E-state index in [0.717, 1.165) is 41.8 Å². The summed E-state index contributed by atoms with van der Waals surface area (Å²) < 4.78 is 21.3. The number of hydrogen-bond donors (Lipinski definition) is 0. The predicted octanol–water partition coefficient (Wildman–Crippen LogP) is 5.20. The van der Waals surface area contributed by atoms with Crippen molar-refractivity contribution in [1.29, 1.82) is 0 Å². The fourth-order valence-corrected chi connectivity index (χ4v) is 4.60. The summed E-state index contributed by atoms with van der Waals surface area (Å²) in [7, 11) is 0. The third-order valence-electron chi connectivity index (χ3n) is 5.03. The first-order valence-electron chi connectivity index (χ1n) is 9.07. The molecule has 6 heteroatoms. The Hall–Kier alpha value is -2.73. The SMILES string of the molecule is O=c1oc2cc(N3CCCCC3)cc(F)c2cc1-c1nc2ccccc2s1.